The molecule has 87 heavy (non-hydrogen) atoms. The van der Waals surface area contributed by atoms with E-state index in [1.807, 2.05) is 57.2 Å². The summed E-state index contributed by atoms with van der Waals surface area (Å²) in [4.78, 5) is 90.6. The molecule has 0 saturated carbocycles. The number of amides is 4. The van der Waals surface area contributed by atoms with Crippen LogP contribution in [-0.4, -0.2) is 153 Å². The van der Waals surface area contributed by atoms with E-state index in [9.17, 15) is 42.1 Å². The molecule has 4 heterocycles. The molecule has 23 heteroatoms. The zero-order valence-corrected chi connectivity index (χ0v) is 51.8. The van der Waals surface area contributed by atoms with Gasteiger partial charge in [-0.3, -0.25) is 47.8 Å². The van der Waals surface area contributed by atoms with Crippen molar-refractivity contribution in [2.75, 3.05) is 60.2 Å². The minimum Gasteiger partial charge on any atom is -0.360 e. The number of nitrogens with zero attached hydrogens (tertiary/aromatic N) is 7. The molecule has 0 bridgehead atoms. The molecule has 18 nitrogen and oxygen atoms in total. The van der Waals surface area contributed by atoms with Crippen molar-refractivity contribution in [1.82, 2.24) is 39.1 Å². The Morgan fingerprint density at radius 2 is 0.989 bits per heavy atom. The van der Waals surface area contributed by atoms with E-state index in [0.717, 1.165) is 11.1 Å². The molecule has 2 aliphatic rings. The molecule has 0 aliphatic carbocycles. The number of benzene rings is 6. The summed E-state index contributed by atoms with van der Waals surface area (Å²) in [6, 6.07) is 37.0. The quantitative estimate of drug-likeness (QED) is 0.0324. The largest absolute Gasteiger partial charge is 0.360 e. The minimum atomic E-state index is -3.13. The average Bonchev–Trinajstić information content (AvgIpc) is 2.12. The van der Waals surface area contributed by atoms with Gasteiger partial charge in [-0.15, -0.1) is 0 Å². The van der Waals surface area contributed by atoms with Crippen LogP contribution in [0.4, 0.5) is 8.78 Å². The highest BCUT2D eigenvalue weighted by atomic mass is 35.5. The number of halogens is 4. The second-order valence-electron chi connectivity index (χ2n) is 22.2. The standard InChI is InChI=1S/C26H29ClFN5O3.C26H28ClFN4O3.C12H12NO2P/c1-15-12-32(16(2)11-31(15)13-17-5-7-18(28)8-6-17)25(35)20-9-19-21(24(34)26(36)30(3)4)14-33(29)23(19)10-22(20)27;1-15-13-32(16(2)12-31(15)14-17-5-7-18(28)8-6-17)25(34)20-9-19-21(24(33)26(35)30(3)4)11-29-23(19)10-22(20)27;13-15-16(14,11-7-3-1-4-8-11)12-9-5-2-6-10-12/h5-10,14-16H,11-13,29H2,1-4H3;5-11,15-16,29H,12-14H2,1-4H3;1-10H,13H2/t2*15-,16+;/m00./s1. The molecular weight excluding hydrogens is 1180 g/mol. The van der Waals surface area contributed by atoms with E-state index < -0.39 is 30.7 Å². The van der Waals surface area contributed by atoms with Crippen LogP contribution in [0.2, 0.25) is 10.0 Å². The predicted molar refractivity (Wildman–Crippen MR) is 335 cm³/mol. The zero-order chi connectivity index (χ0) is 63.2. The van der Waals surface area contributed by atoms with Crippen molar-refractivity contribution < 1.29 is 46.7 Å². The van der Waals surface area contributed by atoms with Crippen molar-refractivity contribution in [2.24, 2.45) is 5.90 Å². The molecule has 0 unspecified atom stereocenters. The van der Waals surface area contributed by atoms with Crippen molar-refractivity contribution >= 4 is 98.2 Å². The number of likely N-dealkylation sites (N-methyl/N-ethyl adjacent to an activating group) is 2. The number of ketones is 2. The Hall–Kier alpha value is -8.07. The molecule has 8 aromatic rings. The normalized spacial score (nSPS) is 17.2. The van der Waals surface area contributed by atoms with Crippen molar-refractivity contribution in [3.05, 3.63) is 201 Å². The lowest BCUT2D eigenvalue weighted by Crippen LogP contribution is -2.57. The van der Waals surface area contributed by atoms with Crippen LogP contribution in [-0.2, 0) is 31.9 Å². The molecule has 2 saturated heterocycles. The summed E-state index contributed by atoms with van der Waals surface area (Å²) < 4.78 is 45.1. The highest BCUT2D eigenvalue weighted by Gasteiger charge is 2.36. The number of nitrogen functional groups attached to an aromatic ring is 1. The lowest BCUT2D eigenvalue weighted by molar-refractivity contribution is -0.124. The number of rotatable bonds is 13. The van der Waals surface area contributed by atoms with E-state index in [0.29, 0.717) is 71.7 Å². The van der Waals surface area contributed by atoms with Crippen LogP contribution < -0.4 is 22.3 Å². The van der Waals surface area contributed by atoms with E-state index >= 15 is 0 Å². The van der Waals surface area contributed by atoms with Crippen LogP contribution in [0.5, 0.6) is 0 Å². The van der Waals surface area contributed by atoms with Gasteiger partial charge in [0.15, 0.2) is 0 Å². The summed E-state index contributed by atoms with van der Waals surface area (Å²) in [6.45, 7) is 11.6. The van der Waals surface area contributed by atoms with Crippen LogP contribution in [0.1, 0.15) is 80.3 Å². The summed E-state index contributed by atoms with van der Waals surface area (Å²) in [5, 5.41) is 2.56. The fourth-order valence-corrected chi connectivity index (χ4v) is 12.8. The zero-order valence-electron chi connectivity index (χ0n) is 49.4. The van der Waals surface area contributed by atoms with E-state index in [2.05, 4.69) is 21.7 Å². The maximum Gasteiger partial charge on any atom is 0.294 e. The first-order valence-electron chi connectivity index (χ1n) is 27.9. The molecule has 5 N–H and O–H groups in total. The monoisotopic (exact) mass is 1240 g/mol. The summed E-state index contributed by atoms with van der Waals surface area (Å²) in [7, 11) is 2.88. The van der Waals surface area contributed by atoms with Gasteiger partial charge in [0.05, 0.1) is 37.8 Å². The summed E-state index contributed by atoms with van der Waals surface area (Å²) in [6.07, 6.45) is 2.84. The van der Waals surface area contributed by atoms with Gasteiger partial charge in [-0.1, -0.05) is 83.9 Å². The third-order valence-corrected chi connectivity index (χ3v) is 18.4. The number of carbonyl (C=O) groups is 6. The van der Waals surface area contributed by atoms with Gasteiger partial charge in [-0.2, -0.15) is 0 Å². The van der Waals surface area contributed by atoms with Gasteiger partial charge in [0, 0.05) is 131 Å². The number of nitrogens with two attached hydrogens (primary N) is 2. The lowest BCUT2D eigenvalue weighted by Gasteiger charge is -2.44. The number of H-pyrrole nitrogens is 1. The third-order valence-electron chi connectivity index (χ3n) is 15.5. The van der Waals surface area contributed by atoms with Crippen molar-refractivity contribution in [2.45, 2.75) is 65.0 Å². The van der Waals surface area contributed by atoms with Crippen LogP contribution in [0.15, 0.2) is 146 Å². The number of piperazine rings is 2. The number of hydrogen-bond acceptors (Lipinski definition) is 12. The van der Waals surface area contributed by atoms with Gasteiger partial charge in [0.25, 0.3) is 42.6 Å². The molecule has 4 amide bonds. The second kappa shape index (κ2) is 27.7. The van der Waals surface area contributed by atoms with Gasteiger partial charge >= 0.3 is 0 Å². The fourth-order valence-electron chi connectivity index (χ4n) is 10.6. The Kier molecular flexibility index (Phi) is 20.7. The maximum atomic E-state index is 13.6. The number of fused-ring (bicyclic) bond motifs is 2. The molecule has 0 spiro atoms. The van der Waals surface area contributed by atoms with Crippen LogP contribution >= 0.6 is 30.6 Å². The van der Waals surface area contributed by atoms with Gasteiger partial charge < -0.3 is 30.4 Å². The average molecular weight is 1250 g/mol. The van der Waals surface area contributed by atoms with Crippen LogP contribution in [0.25, 0.3) is 21.8 Å². The van der Waals surface area contributed by atoms with E-state index in [1.54, 1.807) is 82.6 Å². The van der Waals surface area contributed by atoms with Crippen LogP contribution in [0.3, 0.4) is 0 Å². The number of aromatic amines is 1. The first-order valence-corrected chi connectivity index (χ1v) is 30.3. The van der Waals surface area contributed by atoms with Gasteiger partial charge in [0.1, 0.15) is 11.6 Å². The summed E-state index contributed by atoms with van der Waals surface area (Å²) in [5.41, 5.74) is 3.88. The summed E-state index contributed by atoms with van der Waals surface area (Å²) in [5.74, 6) is 7.49. The molecular formula is C64H69Cl2F2N10O8P. The lowest BCUT2D eigenvalue weighted by atomic mass is 10.0. The molecule has 2 aliphatic heterocycles. The van der Waals surface area contributed by atoms with E-state index in [-0.39, 0.29) is 79.9 Å². The number of nitrogens with one attached hydrogen (secondary N) is 1. The summed E-state index contributed by atoms with van der Waals surface area (Å²) >= 11 is 13.0. The maximum absolute atomic E-state index is 13.6. The van der Waals surface area contributed by atoms with Gasteiger partial charge in [-0.05, 0) is 112 Å². The minimum absolute atomic E-state index is 0.0534. The number of carbonyl (C=O) groups excluding carboxylic acids is 6. The smallest absolute Gasteiger partial charge is 0.294 e. The molecule has 2 aromatic heterocycles. The SMILES string of the molecule is C[C@@H]1CN(Cc2ccc(F)cc2)[C@@H](C)CN1C(=O)c1cc2c(C(=O)C(=O)N(C)C)c[nH]c2cc1Cl.C[C@@H]1CN(Cc2ccc(F)cc2)[C@@H](C)CN1C(=O)c1cc2c(C(=O)C(=O)N(C)C)cn(N)c2cc1Cl.NOP(=O)(c1ccccc1)c1ccccc1. The number of Topliss-reactive ketones (excluding diaryl/α,β-unsaturated/α-hetero) is 2. The molecule has 4 atom stereocenters. The fraction of sp³-hybridized carbons (Fsp3) is 0.281. The third kappa shape index (κ3) is 14.5. The molecule has 6 aromatic carbocycles. The Balaban J connectivity index is 0.000000181. The Bertz CT molecular complexity index is 3850. The number of hydrogen-bond donors (Lipinski definition) is 3. The Morgan fingerprint density at radius 1 is 0.575 bits per heavy atom. The topological polar surface area (TPSA) is 221 Å². The second-order valence-corrected chi connectivity index (χ2v) is 25.3. The highest BCUT2D eigenvalue weighted by molar-refractivity contribution is 7.74. The molecule has 10 rings (SSSR count). The first-order chi connectivity index (χ1) is 41.3. The first kappa shape index (κ1) is 64.9. The van der Waals surface area contributed by atoms with Gasteiger partial charge in [0.2, 0.25) is 0 Å². The Labute approximate surface area is 513 Å². The Morgan fingerprint density at radius 3 is 1.41 bits per heavy atom. The predicted octanol–water partition coefficient (Wildman–Crippen LogP) is 8.93. The van der Waals surface area contributed by atoms with Crippen molar-refractivity contribution in [3.8, 4) is 0 Å². The highest BCUT2D eigenvalue weighted by Crippen LogP contribution is 2.42. The molecule has 456 valence electrons. The van der Waals surface area contributed by atoms with Crippen molar-refractivity contribution in [3.63, 3.8) is 0 Å². The van der Waals surface area contributed by atoms with Gasteiger partial charge in [-0.25, -0.2) is 19.3 Å². The molecule has 0 radical (unpaired) electrons. The number of aromatic nitrogens is 2. The van der Waals surface area contributed by atoms with Crippen molar-refractivity contribution in [1.29, 1.82) is 0 Å². The van der Waals surface area contributed by atoms with E-state index in [4.69, 9.17) is 39.6 Å². The molecule has 2 fully saturated rings. The van der Waals surface area contributed by atoms with E-state index in [1.165, 1.54) is 79.3 Å². The van der Waals surface area contributed by atoms with Crippen LogP contribution in [0, 0.1) is 11.6 Å².